The first-order valence-corrected chi connectivity index (χ1v) is 14.1. The predicted octanol–water partition coefficient (Wildman–Crippen LogP) is 8.04. The predicted molar refractivity (Wildman–Crippen MR) is 168 cm³/mol. The third kappa shape index (κ3) is 6.67. The minimum absolute atomic E-state index is 0.290. The molecule has 3 aromatic carbocycles. The Morgan fingerprint density at radius 2 is 1.72 bits per heavy atom. The molecule has 1 aliphatic heterocycles. The van der Waals surface area contributed by atoms with Crippen LogP contribution >= 0.6 is 0 Å². The quantitative estimate of drug-likeness (QED) is 0.145. The number of aromatic nitrogens is 1. The second-order valence-electron chi connectivity index (χ2n) is 10.3. The highest BCUT2D eigenvalue weighted by Gasteiger charge is 2.31. The lowest BCUT2D eigenvalue weighted by Gasteiger charge is -2.24. The van der Waals surface area contributed by atoms with Gasteiger partial charge in [0, 0.05) is 30.6 Å². The van der Waals surface area contributed by atoms with Gasteiger partial charge < -0.3 is 19.4 Å². The van der Waals surface area contributed by atoms with Gasteiger partial charge in [0.05, 0.1) is 23.0 Å². The number of esters is 1. The van der Waals surface area contributed by atoms with Crippen LogP contribution in [-0.2, 0) is 20.8 Å². The molecule has 0 bridgehead atoms. The van der Waals surface area contributed by atoms with Crippen LogP contribution in [0.2, 0.25) is 0 Å². The molecule has 218 valence electrons. The van der Waals surface area contributed by atoms with Crippen molar-refractivity contribution in [3.05, 3.63) is 133 Å². The normalized spacial score (nSPS) is 14.4. The van der Waals surface area contributed by atoms with Crippen molar-refractivity contribution in [2.75, 3.05) is 11.9 Å². The fraction of sp³-hybridized carbons (Fsp3) is 0.167. The molecule has 0 aliphatic carbocycles. The summed E-state index contributed by atoms with van der Waals surface area (Å²) in [5.74, 6) is -0.578. The van der Waals surface area contributed by atoms with Crippen molar-refractivity contribution in [1.82, 2.24) is 4.57 Å². The Morgan fingerprint density at radius 1 is 1.05 bits per heavy atom. The zero-order chi connectivity index (χ0) is 30.3. The lowest BCUT2D eigenvalue weighted by molar-refractivity contribution is -0.145. The van der Waals surface area contributed by atoms with Crippen LogP contribution < -0.4 is 5.32 Å². The summed E-state index contributed by atoms with van der Waals surface area (Å²) in [6.07, 6.45) is 3.40. The number of hydrogen-bond donors (Lipinski definition) is 1. The molecule has 4 aromatic rings. The lowest BCUT2D eigenvalue weighted by Crippen LogP contribution is -2.25. The third-order valence-corrected chi connectivity index (χ3v) is 7.16. The molecule has 6 nitrogen and oxygen atoms in total. The molecular weight excluding hydrogens is 543 g/mol. The van der Waals surface area contributed by atoms with Crippen molar-refractivity contribution in [2.45, 2.75) is 32.4 Å². The Morgan fingerprint density at radius 3 is 2.37 bits per heavy atom. The summed E-state index contributed by atoms with van der Waals surface area (Å²) >= 11 is 0. The van der Waals surface area contributed by atoms with Gasteiger partial charge in [0.15, 0.2) is 0 Å². The number of rotatable bonds is 11. The Balaban J connectivity index is 1.66. The zero-order valence-corrected chi connectivity index (χ0v) is 24.0. The van der Waals surface area contributed by atoms with E-state index in [-0.39, 0.29) is 18.3 Å². The van der Waals surface area contributed by atoms with E-state index in [9.17, 15) is 14.0 Å². The molecular formula is C36H33FN2O4. The zero-order valence-electron chi connectivity index (χ0n) is 24.0. The van der Waals surface area contributed by atoms with Crippen LogP contribution in [0.1, 0.15) is 35.8 Å². The summed E-state index contributed by atoms with van der Waals surface area (Å²) < 4.78 is 27.4. The van der Waals surface area contributed by atoms with E-state index in [4.69, 9.17) is 9.47 Å². The van der Waals surface area contributed by atoms with Crippen LogP contribution in [-0.4, -0.2) is 29.2 Å². The van der Waals surface area contributed by atoms with E-state index in [0.717, 1.165) is 16.8 Å². The number of hydrogen-bond acceptors (Lipinski definition) is 4. The first-order chi connectivity index (χ1) is 20.9. The lowest BCUT2D eigenvalue weighted by atomic mass is 9.95. The number of amides is 1. The summed E-state index contributed by atoms with van der Waals surface area (Å²) in [4.78, 5) is 26.5. The molecule has 1 atom stereocenters. The van der Waals surface area contributed by atoms with E-state index in [1.165, 1.54) is 18.2 Å². The molecule has 0 radical (unpaired) electrons. The number of ether oxygens (including phenoxy) is 2. The number of nitrogens with one attached hydrogen (secondary N) is 1. The highest BCUT2D eigenvalue weighted by atomic mass is 19.1. The second-order valence-corrected chi connectivity index (χ2v) is 10.3. The van der Waals surface area contributed by atoms with E-state index in [2.05, 4.69) is 18.5 Å². The Labute approximate surface area is 250 Å². The maximum Gasteiger partial charge on any atom is 0.334 e. The number of cyclic esters (lactones) is 1. The summed E-state index contributed by atoms with van der Waals surface area (Å²) in [6, 6.07) is 25.1. The molecule has 7 heteroatoms. The second kappa shape index (κ2) is 13.2. The van der Waals surface area contributed by atoms with E-state index >= 15 is 0 Å². The van der Waals surface area contributed by atoms with Gasteiger partial charge in [-0.25, -0.2) is 9.18 Å². The van der Waals surface area contributed by atoms with E-state index < -0.39 is 12.1 Å². The van der Waals surface area contributed by atoms with Crippen LogP contribution in [0.3, 0.4) is 0 Å². The van der Waals surface area contributed by atoms with Crippen molar-refractivity contribution in [3.8, 4) is 22.4 Å². The van der Waals surface area contributed by atoms with Crippen LogP contribution in [0.4, 0.5) is 10.1 Å². The highest BCUT2D eigenvalue weighted by Crippen LogP contribution is 2.42. The first kappa shape index (κ1) is 29.3. The van der Waals surface area contributed by atoms with Crippen molar-refractivity contribution in [3.63, 3.8) is 0 Å². The number of allylic oxidation sites excluding steroid dienone is 1. The molecule has 43 heavy (non-hydrogen) atoms. The number of halogens is 1. The van der Waals surface area contributed by atoms with Gasteiger partial charge in [-0.1, -0.05) is 67.8 Å². The highest BCUT2D eigenvalue weighted by molar-refractivity contribution is 6.14. The summed E-state index contributed by atoms with van der Waals surface area (Å²) in [5.41, 5.74) is 5.44. The van der Waals surface area contributed by atoms with Gasteiger partial charge in [-0.15, -0.1) is 0 Å². The molecule has 0 spiro atoms. The maximum absolute atomic E-state index is 14.1. The standard InChI is InChI=1S/C36H33FN2O4/c1-4-21-42-30-22-29(43-31(40)23-30)19-20-39-34(24(2)3)33(36(41)38-28-13-9-6-10-14-28)32(25-11-7-5-8-12-25)35(39)26-15-17-27(37)18-16-26/h4-18,23,29H,1-2,19-22H2,3H3,(H,38,41)/t29-/m1/s1. The minimum atomic E-state index is -0.463. The molecule has 0 fully saturated rings. The number of para-hydroxylation sites is 1. The van der Waals surface area contributed by atoms with Gasteiger partial charge in [0.2, 0.25) is 0 Å². The molecule has 1 aliphatic rings. The Bertz CT molecular complexity index is 1670. The molecule has 1 N–H and O–H groups in total. The van der Waals surface area contributed by atoms with Crippen LogP contribution in [0, 0.1) is 5.82 Å². The van der Waals surface area contributed by atoms with Crippen molar-refractivity contribution in [2.24, 2.45) is 0 Å². The Kier molecular flexibility index (Phi) is 9.01. The molecule has 0 saturated heterocycles. The third-order valence-electron chi connectivity index (χ3n) is 7.16. The van der Waals surface area contributed by atoms with Crippen LogP contribution in [0.5, 0.6) is 0 Å². The van der Waals surface area contributed by atoms with Gasteiger partial charge in [-0.05, 0) is 60.0 Å². The van der Waals surface area contributed by atoms with E-state index in [0.29, 0.717) is 53.2 Å². The van der Waals surface area contributed by atoms with Gasteiger partial charge in [-0.3, -0.25) is 4.79 Å². The number of benzene rings is 3. The average Bonchev–Trinajstić information content (AvgIpc) is 3.36. The minimum Gasteiger partial charge on any atom is -0.493 e. The van der Waals surface area contributed by atoms with Crippen molar-refractivity contribution < 1.29 is 23.5 Å². The fourth-order valence-corrected chi connectivity index (χ4v) is 5.37. The fourth-order valence-electron chi connectivity index (χ4n) is 5.37. The van der Waals surface area contributed by atoms with Crippen molar-refractivity contribution >= 4 is 23.1 Å². The average molecular weight is 577 g/mol. The summed E-state index contributed by atoms with van der Waals surface area (Å²) in [7, 11) is 0. The summed E-state index contributed by atoms with van der Waals surface area (Å²) in [5, 5.41) is 3.05. The van der Waals surface area contributed by atoms with Crippen LogP contribution in [0.25, 0.3) is 28.0 Å². The van der Waals surface area contributed by atoms with Gasteiger partial charge in [0.25, 0.3) is 5.91 Å². The molecule has 5 rings (SSSR count). The monoisotopic (exact) mass is 576 g/mol. The molecule has 2 heterocycles. The molecule has 1 amide bonds. The smallest absolute Gasteiger partial charge is 0.334 e. The maximum atomic E-state index is 14.1. The Hall–Kier alpha value is -5.17. The molecule has 1 aromatic heterocycles. The molecule has 0 saturated carbocycles. The number of carbonyl (C=O) groups is 2. The van der Waals surface area contributed by atoms with E-state index in [1.54, 1.807) is 18.2 Å². The van der Waals surface area contributed by atoms with Crippen molar-refractivity contribution in [1.29, 1.82) is 0 Å². The van der Waals surface area contributed by atoms with Gasteiger partial charge >= 0.3 is 5.97 Å². The van der Waals surface area contributed by atoms with Gasteiger partial charge in [0.1, 0.15) is 24.3 Å². The van der Waals surface area contributed by atoms with E-state index in [1.807, 2.05) is 72.2 Å². The number of carbonyl (C=O) groups excluding carboxylic acids is 2. The first-order valence-electron chi connectivity index (χ1n) is 14.1. The largest absolute Gasteiger partial charge is 0.493 e. The number of nitrogens with zero attached hydrogens (tertiary/aromatic N) is 1. The molecule has 0 unspecified atom stereocenters. The topological polar surface area (TPSA) is 69.6 Å². The number of anilines is 1. The SMILES string of the molecule is C=CCOC1=CC(=O)O[C@H](CCn2c(C(=C)C)c(C(=O)Nc3ccccc3)c(-c3ccccc3)c2-c2ccc(F)cc2)C1. The van der Waals surface area contributed by atoms with Gasteiger partial charge in [-0.2, -0.15) is 0 Å². The van der Waals surface area contributed by atoms with Crippen LogP contribution in [0.15, 0.2) is 116 Å². The summed E-state index contributed by atoms with van der Waals surface area (Å²) in [6.45, 7) is 10.5.